The summed E-state index contributed by atoms with van der Waals surface area (Å²) in [4.78, 5) is 14.2. The lowest BCUT2D eigenvalue weighted by Gasteiger charge is -2.09. The Morgan fingerprint density at radius 3 is 3.05 bits per heavy atom. The van der Waals surface area contributed by atoms with E-state index in [4.69, 9.17) is 6.42 Å². The van der Waals surface area contributed by atoms with E-state index in [9.17, 15) is 10.1 Å². The van der Waals surface area contributed by atoms with Crippen LogP contribution in [0.2, 0.25) is 0 Å². The molecule has 0 aromatic carbocycles. The van der Waals surface area contributed by atoms with Crippen molar-refractivity contribution >= 4 is 23.1 Å². The molecule has 0 aliphatic rings. The average molecular weight is 312 g/mol. The molecule has 0 spiro atoms. The smallest absolute Gasteiger partial charge is 0.274 e. The summed E-state index contributed by atoms with van der Waals surface area (Å²) in [6.07, 6.45) is 8.36. The number of thioether (sulfide) groups is 1. The molecule has 1 heterocycles. The van der Waals surface area contributed by atoms with Gasteiger partial charge in [-0.2, -0.15) is 11.8 Å². The van der Waals surface area contributed by atoms with Crippen LogP contribution in [-0.4, -0.2) is 28.7 Å². The summed E-state index contributed by atoms with van der Waals surface area (Å²) in [5, 5.41) is 19.4. The number of rotatable bonds is 10. The summed E-state index contributed by atoms with van der Waals surface area (Å²) < 4.78 is 0. The minimum atomic E-state index is -0.492. The highest BCUT2D eigenvalue weighted by Crippen LogP contribution is 2.13. The maximum absolute atomic E-state index is 10.5. The standard InChI is InChI=1S/C12H16N4O2S2/c1-2-3-4-13-11(9-16(17)18)14-5-7-19-10-12-15-6-8-20-12/h1,6,8-9,13-14H,3-5,7,10H2. The molecular weight excluding hydrogens is 296 g/mol. The van der Waals surface area contributed by atoms with Crippen molar-refractivity contribution in [1.29, 1.82) is 0 Å². The molecule has 108 valence electrons. The van der Waals surface area contributed by atoms with Gasteiger partial charge in [-0.1, -0.05) is 0 Å². The van der Waals surface area contributed by atoms with Gasteiger partial charge in [-0.15, -0.1) is 23.7 Å². The fraction of sp³-hybridized carbons (Fsp3) is 0.417. The summed E-state index contributed by atoms with van der Waals surface area (Å²) in [5.74, 6) is 4.56. The third-order valence-corrected chi connectivity index (χ3v) is 4.02. The van der Waals surface area contributed by atoms with Crippen LogP contribution in [0.15, 0.2) is 23.6 Å². The molecule has 0 atom stereocenters. The first-order chi connectivity index (χ1) is 9.72. The van der Waals surface area contributed by atoms with E-state index >= 15 is 0 Å². The molecule has 1 aromatic rings. The van der Waals surface area contributed by atoms with Crippen LogP contribution in [0, 0.1) is 22.5 Å². The maximum Gasteiger partial charge on any atom is 0.274 e. The number of nitrogens with zero attached hydrogens (tertiary/aromatic N) is 2. The quantitative estimate of drug-likeness (QED) is 0.296. The Balaban J connectivity index is 2.20. The lowest BCUT2D eigenvalue weighted by molar-refractivity contribution is -0.404. The number of nitrogens with one attached hydrogen (secondary N) is 2. The van der Waals surface area contributed by atoms with Gasteiger partial charge >= 0.3 is 0 Å². The predicted molar refractivity (Wildman–Crippen MR) is 82.8 cm³/mol. The number of hydrogen-bond acceptors (Lipinski definition) is 7. The maximum atomic E-state index is 10.5. The monoisotopic (exact) mass is 312 g/mol. The Morgan fingerprint density at radius 1 is 1.60 bits per heavy atom. The van der Waals surface area contributed by atoms with Crippen molar-refractivity contribution in [1.82, 2.24) is 15.6 Å². The Hall–Kier alpha value is -1.72. The molecule has 1 aromatic heterocycles. The summed E-state index contributed by atoms with van der Waals surface area (Å²) in [7, 11) is 0. The van der Waals surface area contributed by atoms with Crippen molar-refractivity contribution in [2.75, 3.05) is 18.8 Å². The number of aromatic nitrogens is 1. The number of nitro groups is 1. The molecule has 0 fully saturated rings. The van der Waals surface area contributed by atoms with Crippen LogP contribution in [-0.2, 0) is 5.75 Å². The molecule has 0 bridgehead atoms. The van der Waals surface area contributed by atoms with E-state index in [1.807, 2.05) is 5.38 Å². The van der Waals surface area contributed by atoms with E-state index in [0.29, 0.717) is 25.3 Å². The first-order valence-electron chi connectivity index (χ1n) is 5.95. The Kier molecular flexibility index (Phi) is 8.26. The zero-order chi connectivity index (χ0) is 14.6. The van der Waals surface area contributed by atoms with Crippen LogP contribution < -0.4 is 10.6 Å². The van der Waals surface area contributed by atoms with Gasteiger partial charge in [0.15, 0.2) is 5.82 Å². The second kappa shape index (κ2) is 10.1. The van der Waals surface area contributed by atoms with Crippen LogP contribution in [0.1, 0.15) is 11.4 Å². The zero-order valence-corrected chi connectivity index (χ0v) is 12.5. The van der Waals surface area contributed by atoms with Crippen LogP contribution in [0.5, 0.6) is 0 Å². The summed E-state index contributed by atoms with van der Waals surface area (Å²) in [6.45, 7) is 1.15. The van der Waals surface area contributed by atoms with E-state index in [-0.39, 0.29) is 0 Å². The normalized spacial score (nSPS) is 10.8. The number of terminal acetylenes is 1. The summed E-state index contributed by atoms with van der Waals surface area (Å²) in [6, 6.07) is 0. The molecule has 0 aliphatic carbocycles. The molecule has 20 heavy (non-hydrogen) atoms. The minimum absolute atomic E-state index is 0.389. The lowest BCUT2D eigenvalue weighted by Crippen LogP contribution is -2.29. The summed E-state index contributed by atoms with van der Waals surface area (Å²) in [5.41, 5.74) is 0. The highest BCUT2D eigenvalue weighted by atomic mass is 32.2. The van der Waals surface area contributed by atoms with Crippen molar-refractivity contribution in [3.63, 3.8) is 0 Å². The van der Waals surface area contributed by atoms with Crippen molar-refractivity contribution in [2.24, 2.45) is 0 Å². The van der Waals surface area contributed by atoms with Gasteiger partial charge in [0.05, 0.1) is 4.92 Å². The van der Waals surface area contributed by atoms with Gasteiger partial charge in [-0.3, -0.25) is 10.1 Å². The first-order valence-corrected chi connectivity index (χ1v) is 7.98. The van der Waals surface area contributed by atoms with Crippen LogP contribution >= 0.6 is 23.1 Å². The largest absolute Gasteiger partial charge is 0.366 e. The van der Waals surface area contributed by atoms with Crippen molar-refractivity contribution < 1.29 is 4.92 Å². The Labute approximate surface area is 126 Å². The highest BCUT2D eigenvalue weighted by Gasteiger charge is 2.02. The molecule has 0 saturated carbocycles. The zero-order valence-electron chi connectivity index (χ0n) is 10.9. The van der Waals surface area contributed by atoms with Gasteiger partial charge in [0.2, 0.25) is 0 Å². The molecule has 0 unspecified atom stereocenters. The van der Waals surface area contributed by atoms with Gasteiger partial charge < -0.3 is 10.6 Å². The Bertz CT molecular complexity index is 468. The molecular formula is C12H16N4O2S2. The molecule has 0 amide bonds. The van der Waals surface area contributed by atoms with Crippen molar-refractivity contribution in [3.8, 4) is 12.3 Å². The fourth-order valence-electron chi connectivity index (χ4n) is 1.27. The van der Waals surface area contributed by atoms with Crippen molar-refractivity contribution in [2.45, 2.75) is 12.2 Å². The molecule has 0 aliphatic heterocycles. The van der Waals surface area contributed by atoms with E-state index in [2.05, 4.69) is 21.5 Å². The van der Waals surface area contributed by atoms with Gasteiger partial charge in [-0.25, -0.2) is 4.98 Å². The predicted octanol–water partition coefficient (Wildman–Crippen LogP) is 1.65. The lowest BCUT2D eigenvalue weighted by atomic mass is 10.4. The average Bonchev–Trinajstić information content (AvgIpc) is 2.91. The van der Waals surface area contributed by atoms with E-state index in [1.54, 1.807) is 29.3 Å². The van der Waals surface area contributed by atoms with Crippen LogP contribution in [0.3, 0.4) is 0 Å². The van der Waals surface area contributed by atoms with Gasteiger partial charge in [0.25, 0.3) is 6.20 Å². The summed E-state index contributed by atoms with van der Waals surface area (Å²) >= 11 is 3.35. The molecule has 6 nitrogen and oxygen atoms in total. The van der Waals surface area contributed by atoms with Crippen LogP contribution in [0.4, 0.5) is 0 Å². The molecule has 1 rings (SSSR count). The van der Waals surface area contributed by atoms with Gasteiger partial charge in [0, 0.05) is 42.6 Å². The molecule has 2 N–H and O–H groups in total. The third kappa shape index (κ3) is 7.66. The topological polar surface area (TPSA) is 80.1 Å². The highest BCUT2D eigenvalue weighted by molar-refractivity contribution is 7.98. The fourth-order valence-corrected chi connectivity index (χ4v) is 2.83. The SMILES string of the molecule is C#CCCNC(=C[N+](=O)[O-])NCCSCc1nccs1. The molecule has 0 radical (unpaired) electrons. The molecule has 0 saturated heterocycles. The second-order valence-electron chi connectivity index (χ2n) is 3.61. The van der Waals surface area contributed by atoms with E-state index in [1.165, 1.54) is 0 Å². The second-order valence-corrected chi connectivity index (χ2v) is 5.70. The van der Waals surface area contributed by atoms with Gasteiger partial charge in [0.1, 0.15) is 5.01 Å². The molecule has 8 heteroatoms. The Morgan fingerprint density at radius 2 is 2.40 bits per heavy atom. The van der Waals surface area contributed by atoms with E-state index < -0.39 is 4.92 Å². The van der Waals surface area contributed by atoms with Gasteiger partial charge in [-0.05, 0) is 0 Å². The number of thiazole rings is 1. The third-order valence-electron chi connectivity index (χ3n) is 2.09. The number of hydrogen-bond donors (Lipinski definition) is 2. The van der Waals surface area contributed by atoms with E-state index in [0.717, 1.165) is 22.7 Å². The van der Waals surface area contributed by atoms with Crippen molar-refractivity contribution in [3.05, 3.63) is 38.7 Å². The first kappa shape index (κ1) is 16.3. The van der Waals surface area contributed by atoms with Crippen LogP contribution in [0.25, 0.3) is 0 Å². The minimum Gasteiger partial charge on any atom is -0.366 e.